The Balaban J connectivity index is 2.15. The molecule has 0 radical (unpaired) electrons. The quantitative estimate of drug-likeness (QED) is 0.880. The molecule has 0 bridgehead atoms. The zero-order valence-electron chi connectivity index (χ0n) is 11.6. The topological polar surface area (TPSA) is 55.4 Å². The molecule has 1 amide bonds. The van der Waals surface area contributed by atoms with Crippen LogP contribution in [-0.2, 0) is 4.74 Å². The van der Waals surface area contributed by atoms with Crippen LogP contribution in [0.2, 0.25) is 5.02 Å². The minimum atomic E-state index is -0.435. The van der Waals surface area contributed by atoms with E-state index < -0.39 is 5.97 Å². The number of rotatable bonds is 3. The fourth-order valence-electron chi connectivity index (χ4n) is 1.84. The molecule has 108 valence electrons. The first kappa shape index (κ1) is 15.1. The molecule has 0 atom stereocenters. The summed E-state index contributed by atoms with van der Waals surface area (Å²) in [6, 6.07) is 11.5. The maximum atomic E-state index is 12.1. The van der Waals surface area contributed by atoms with Crippen molar-refractivity contribution in [1.29, 1.82) is 0 Å². The molecule has 0 spiro atoms. The summed E-state index contributed by atoms with van der Waals surface area (Å²) in [5, 5.41) is 3.42. The number of esters is 1. The summed E-state index contributed by atoms with van der Waals surface area (Å²) >= 11 is 5.87. The number of nitrogens with one attached hydrogen (secondary N) is 1. The molecule has 0 aliphatic heterocycles. The first-order chi connectivity index (χ1) is 10.0. The van der Waals surface area contributed by atoms with E-state index in [0.717, 1.165) is 5.56 Å². The van der Waals surface area contributed by atoms with Crippen molar-refractivity contribution in [1.82, 2.24) is 0 Å². The van der Waals surface area contributed by atoms with Crippen molar-refractivity contribution in [2.75, 3.05) is 12.4 Å². The smallest absolute Gasteiger partial charge is 0.337 e. The molecule has 1 N–H and O–H groups in total. The standard InChI is InChI=1S/C16H14ClNO3/c1-10-9-13(17)7-8-14(10)18-15(19)11-3-5-12(6-4-11)16(20)21-2/h3-9H,1-2H3,(H,18,19). The molecule has 4 nitrogen and oxygen atoms in total. The van der Waals surface area contributed by atoms with Crippen molar-refractivity contribution in [3.8, 4) is 0 Å². The molecular weight excluding hydrogens is 290 g/mol. The predicted molar refractivity (Wildman–Crippen MR) is 81.9 cm³/mol. The zero-order chi connectivity index (χ0) is 15.4. The van der Waals surface area contributed by atoms with E-state index in [0.29, 0.717) is 21.8 Å². The number of hydrogen-bond donors (Lipinski definition) is 1. The van der Waals surface area contributed by atoms with E-state index in [2.05, 4.69) is 10.1 Å². The Kier molecular flexibility index (Phi) is 4.60. The average molecular weight is 304 g/mol. The zero-order valence-corrected chi connectivity index (χ0v) is 12.4. The number of hydrogen-bond acceptors (Lipinski definition) is 3. The molecule has 0 saturated carbocycles. The number of methoxy groups -OCH3 is 1. The Morgan fingerprint density at radius 1 is 1.05 bits per heavy atom. The molecule has 0 saturated heterocycles. The lowest BCUT2D eigenvalue weighted by molar-refractivity contribution is 0.0600. The highest BCUT2D eigenvalue weighted by atomic mass is 35.5. The highest BCUT2D eigenvalue weighted by molar-refractivity contribution is 6.30. The Morgan fingerprint density at radius 2 is 1.67 bits per heavy atom. The van der Waals surface area contributed by atoms with E-state index in [4.69, 9.17) is 11.6 Å². The van der Waals surface area contributed by atoms with Crippen molar-refractivity contribution in [2.24, 2.45) is 0 Å². The third-order valence-electron chi connectivity index (χ3n) is 3.00. The molecule has 21 heavy (non-hydrogen) atoms. The number of ether oxygens (including phenoxy) is 1. The van der Waals surface area contributed by atoms with Gasteiger partial charge in [-0.15, -0.1) is 0 Å². The lowest BCUT2D eigenvalue weighted by Crippen LogP contribution is -2.13. The summed E-state index contributed by atoms with van der Waals surface area (Å²) in [7, 11) is 1.31. The molecule has 0 aliphatic carbocycles. The minimum absolute atomic E-state index is 0.253. The van der Waals surface area contributed by atoms with Gasteiger partial charge in [-0.3, -0.25) is 4.79 Å². The molecule has 0 aliphatic rings. The van der Waals surface area contributed by atoms with Crippen molar-refractivity contribution >= 4 is 29.2 Å². The van der Waals surface area contributed by atoms with Gasteiger partial charge in [-0.1, -0.05) is 11.6 Å². The third kappa shape index (κ3) is 3.61. The molecule has 5 heteroatoms. The maximum Gasteiger partial charge on any atom is 0.337 e. The van der Waals surface area contributed by atoms with E-state index in [1.807, 2.05) is 6.92 Å². The lowest BCUT2D eigenvalue weighted by Gasteiger charge is -2.09. The number of benzene rings is 2. The highest BCUT2D eigenvalue weighted by Gasteiger charge is 2.10. The van der Waals surface area contributed by atoms with E-state index in [1.54, 1.807) is 42.5 Å². The monoisotopic (exact) mass is 303 g/mol. The van der Waals surface area contributed by atoms with Gasteiger partial charge in [0, 0.05) is 16.3 Å². The van der Waals surface area contributed by atoms with Crippen LogP contribution < -0.4 is 5.32 Å². The van der Waals surface area contributed by atoms with Crippen LogP contribution >= 0.6 is 11.6 Å². The Labute approximate surface area is 127 Å². The Morgan fingerprint density at radius 3 is 2.24 bits per heavy atom. The van der Waals surface area contributed by atoms with Gasteiger partial charge in [0.2, 0.25) is 0 Å². The lowest BCUT2D eigenvalue weighted by atomic mass is 10.1. The van der Waals surface area contributed by atoms with Crippen molar-refractivity contribution in [3.05, 3.63) is 64.2 Å². The second kappa shape index (κ2) is 6.41. The Hall–Kier alpha value is -2.33. The SMILES string of the molecule is COC(=O)c1ccc(C(=O)Nc2ccc(Cl)cc2C)cc1. The minimum Gasteiger partial charge on any atom is -0.465 e. The first-order valence-electron chi connectivity index (χ1n) is 6.27. The average Bonchev–Trinajstić information content (AvgIpc) is 2.49. The number of anilines is 1. The van der Waals surface area contributed by atoms with E-state index in [1.165, 1.54) is 7.11 Å². The van der Waals surface area contributed by atoms with Crippen LogP contribution in [0, 0.1) is 6.92 Å². The second-order valence-electron chi connectivity index (χ2n) is 4.48. The van der Waals surface area contributed by atoms with Crippen LogP contribution in [0.4, 0.5) is 5.69 Å². The van der Waals surface area contributed by atoms with Gasteiger partial charge in [-0.25, -0.2) is 4.79 Å². The van der Waals surface area contributed by atoms with Crippen LogP contribution in [0.25, 0.3) is 0 Å². The third-order valence-corrected chi connectivity index (χ3v) is 3.24. The predicted octanol–water partition coefficient (Wildman–Crippen LogP) is 3.69. The van der Waals surface area contributed by atoms with E-state index in [-0.39, 0.29) is 5.91 Å². The first-order valence-corrected chi connectivity index (χ1v) is 6.65. The van der Waals surface area contributed by atoms with Gasteiger partial charge in [-0.2, -0.15) is 0 Å². The van der Waals surface area contributed by atoms with Crippen molar-refractivity contribution < 1.29 is 14.3 Å². The molecule has 0 fully saturated rings. The number of carbonyl (C=O) groups excluding carboxylic acids is 2. The summed E-state index contributed by atoms with van der Waals surface area (Å²) in [5.41, 5.74) is 2.43. The maximum absolute atomic E-state index is 12.1. The van der Waals surface area contributed by atoms with Crippen LogP contribution in [0.5, 0.6) is 0 Å². The van der Waals surface area contributed by atoms with Crippen LogP contribution in [0.3, 0.4) is 0 Å². The highest BCUT2D eigenvalue weighted by Crippen LogP contribution is 2.20. The molecule has 2 aromatic carbocycles. The van der Waals surface area contributed by atoms with Gasteiger partial charge in [0.25, 0.3) is 5.91 Å². The van der Waals surface area contributed by atoms with Crippen molar-refractivity contribution in [2.45, 2.75) is 6.92 Å². The van der Waals surface area contributed by atoms with Gasteiger partial charge >= 0.3 is 5.97 Å². The molecular formula is C16H14ClNO3. The van der Waals surface area contributed by atoms with Gasteiger partial charge in [0.05, 0.1) is 12.7 Å². The molecule has 2 aromatic rings. The molecule has 0 unspecified atom stereocenters. The largest absolute Gasteiger partial charge is 0.465 e. The number of halogens is 1. The summed E-state index contributed by atoms with van der Waals surface area (Å²) < 4.78 is 4.61. The van der Waals surface area contributed by atoms with Gasteiger partial charge < -0.3 is 10.1 Å². The van der Waals surface area contributed by atoms with Gasteiger partial charge in [-0.05, 0) is 55.0 Å². The van der Waals surface area contributed by atoms with E-state index >= 15 is 0 Å². The van der Waals surface area contributed by atoms with Gasteiger partial charge in [0.15, 0.2) is 0 Å². The van der Waals surface area contributed by atoms with Crippen molar-refractivity contribution in [3.63, 3.8) is 0 Å². The van der Waals surface area contributed by atoms with Crippen LogP contribution in [0.15, 0.2) is 42.5 Å². The summed E-state index contributed by atoms with van der Waals surface area (Å²) in [5.74, 6) is -0.688. The second-order valence-corrected chi connectivity index (χ2v) is 4.92. The van der Waals surface area contributed by atoms with Crippen LogP contribution in [-0.4, -0.2) is 19.0 Å². The fraction of sp³-hybridized carbons (Fsp3) is 0.125. The number of aryl methyl sites for hydroxylation is 1. The summed E-state index contributed by atoms with van der Waals surface area (Å²) in [6.07, 6.45) is 0. The number of carbonyl (C=O) groups is 2. The van der Waals surface area contributed by atoms with E-state index in [9.17, 15) is 9.59 Å². The molecule has 2 rings (SSSR count). The summed E-state index contributed by atoms with van der Waals surface area (Å²) in [6.45, 7) is 1.86. The normalized spacial score (nSPS) is 10.0. The summed E-state index contributed by atoms with van der Waals surface area (Å²) in [4.78, 5) is 23.5. The number of amides is 1. The molecule has 0 heterocycles. The Bertz CT molecular complexity index is 680. The van der Waals surface area contributed by atoms with Crippen LogP contribution in [0.1, 0.15) is 26.3 Å². The van der Waals surface area contributed by atoms with Gasteiger partial charge in [0.1, 0.15) is 0 Å². The fourth-order valence-corrected chi connectivity index (χ4v) is 2.06. The molecule has 0 aromatic heterocycles.